The molecule has 1 aliphatic rings. The highest BCUT2D eigenvalue weighted by atomic mass is 16.6. The van der Waals surface area contributed by atoms with Gasteiger partial charge in [0.25, 0.3) is 5.69 Å². The predicted molar refractivity (Wildman–Crippen MR) is 95.6 cm³/mol. The molecule has 26 heavy (non-hydrogen) atoms. The third-order valence-electron chi connectivity index (χ3n) is 4.29. The zero-order chi connectivity index (χ0) is 18.5. The van der Waals surface area contributed by atoms with Crippen LogP contribution in [0, 0.1) is 10.1 Å². The van der Waals surface area contributed by atoms with Gasteiger partial charge in [-0.1, -0.05) is 30.3 Å². The van der Waals surface area contributed by atoms with Crippen molar-refractivity contribution in [2.75, 3.05) is 24.6 Å². The molecule has 0 spiro atoms. The number of esters is 1. The van der Waals surface area contributed by atoms with Gasteiger partial charge in [-0.2, -0.15) is 0 Å². The van der Waals surface area contributed by atoms with Gasteiger partial charge in [0, 0.05) is 30.8 Å². The minimum absolute atomic E-state index is 0.113. The minimum Gasteiger partial charge on any atom is -0.454 e. The van der Waals surface area contributed by atoms with Crippen LogP contribution in [0.5, 0.6) is 0 Å². The number of benzene rings is 2. The lowest BCUT2D eigenvalue weighted by Gasteiger charge is -2.20. The van der Waals surface area contributed by atoms with Crippen molar-refractivity contribution in [2.24, 2.45) is 0 Å². The summed E-state index contributed by atoms with van der Waals surface area (Å²) < 4.78 is 5.14. The highest BCUT2D eigenvalue weighted by molar-refractivity contribution is 6.01. The first-order chi connectivity index (χ1) is 12.6. The zero-order valence-electron chi connectivity index (χ0n) is 14.1. The van der Waals surface area contributed by atoms with E-state index in [1.165, 1.54) is 12.1 Å². The Morgan fingerprint density at radius 2 is 1.77 bits per heavy atom. The van der Waals surface area contributed by atoms with E-state index in [0.29, 0.717) is 11.3 Å². The number of hydrogen-bond donors (Lipinski definition) is 0. The molecule has 134 valence electrons. The monoisotopic (exact) mass is 354 g/mol. The van der Waals surface area contributed by atoms with Crippen molar-refractivity contribution in [2.45, 2.75) is 12.8 Å². The minimum atomic E-state index is -0.736. The number of nitro groups is 1. The number of hydrogen-bond acceptors (Lipinski definition) is 6. The molecule has 7 heteroatoms. The van der Waals surface area contributed by atoms with Crippen LogP contribution in [0.4, 0.5) is 11.4 Å². The van der Waals surface area contributed by atoms with Crippen LogP contribution >= 0.6 is 0 Å². The Morgan fingerprint density at radius 3 is 2.42 bits per heavy atom. The summed E-state index contributed by atoms with van der Waals surface area (Å²) in [6.45, 7) is 1.15. The lowest BCUT2D eigenvalue weighted by atomic mass is 10.1. The van der Waals surface area contributed by atoms with Crippen molar-refractivity contribution in [3.63, 3.8) is 0 Å². The van der Waals surface area contributed by atoms with Crippen LogP contribution in [0.3, 0.4) is 0 Å². The second-order valence-electron chi connectivity index (χ2n) is 6.02. The largest absolute Gasteiger partial charge is 0.454 e. The molecular weight excluding hydrogens is 336 g/mol. The number of ketones is 1. The maximum atomic E-state index is 12.5. The maximum Gasteiger partial charge on any atom is 0.340 e. The smallest absolute Gasteiger partial charge is 0.340 e. The number of Topliss-reactive ketones (excluding diaryl/α,β-unsaturated/α-hetero) is 1. The molecule has 1 fully saturated rings. The van der Waals surface area contributed by atoms with E-state index in [1.54, 1.807) is 36.4 Å². The average Bonchev–Trinajstić information content (AvgIpc) is 3.20. The zero-order valence-corrected chi connectivity index (χ0v) is 14.1. The van der Waals surface area contributed by atoms with Gasteiger partial charge in [-0.3, -0.25) is 14.9 Å². The Bertz CT molecular complexity index is 829. The number of carbonyl (C=O) groups is 2. The second-order valence-corrected chi connectivity index (χ2v) is 6.02. The van der Waals surface area contributed by atoms with Crippen molar-refractivity contribution in [3.8, 4) is 0 Å². The standard InChI is InChI=1S/C19H18N2O5/c22-18(14-6-2-1-3-7-14)13-26-19(23)16-12-15(21(24)25)8-9-17(16)20-10-4-5-11-20/h1-3,6-9,12H,4-5,10-11,13H2. The van der Waals surface area contributed by atoms with Crippen molar-refractivity contribution in [1.29, 1.82) is 0 Å². The highest BCUT2D eigenvalue weighted by Crippen LogP contribution is 2.29. The van der Waals surface area contributed by atoms with Gasteiger partial charge in [-0.05, 0) is 18.9 Å². The first-order valence-corrected chi connectivity index (χ1v) is 8.35. The maximum absolute atomic E-state index is 12.5. The first kappa shape index (κ1) is 17.6. The number of nitrogens with zero attached hydrogens (tertiary/aromatic N) is 2. The molecule has 0 saturated carbocycles. The molecule has 0 atom stereocenters. The Kier molecular flexibility index (Phi) is 5.26. The molecular formula is C19H18N2O5. The molecule has 2 aromatic rings. The van der Waals surface area contributed by atoms with E-state index < -0.39 is 17.5 Å². The molecule has 0 unspecified atom stereocenters. The van der Waals surface area contributed by atoms with Gasteiger partial charge in [0.2, 0.25) is 0 Å². The Morgan fingerprint density at radius 1 is 1.08 bits per heavy atom. The average molecular weight is 354 g/mol. The molecule has 0 N–H and O–H groups in total. The van der Waals surface area contributed by atoms with E-state index >= 15 is 0 Å². The summed E-state index contributed by atoms with van der Waals surface area (Å²) in [7, 11) is 0. The Labute approximate surface area is 150 Å². The predicted octanol–water partition coefficient (Wildman–Crippen LogP) is 3.23. The summed E-state index contributed by atoms with van der Waals surface area (Å²) >= 11 is 0. The highest BCUT2D eigenvalue weighted by Gasteiger charge is 2.24. The molecule has 0 radical (unpaired) electrons. The van der Waals surface area contributed by atoms with Crippen LogP contribution in [-0.4, -0.2) is 36.4 Å². The van der Waals surface area contributed by atoms with E-state index in [4.69, 9.17) is 4.74 Å². The van der Waals surface area contributed by atoms with Gasteiger partial charge >= 0.3 is 5.97 Å². The normalized spacial score (nSPS) is 13.5. The van der Waals surface area contributed by atoms with Gasteiger partial charge in [-0.15, -0.1) is 0 Å². The summed E-state index contributed by atoms with van der Waals surface area (Å²) in [5.74, 6) is -1.06. The SMILES string of the molecule is O=C(COC(=O)c1cc([N+](=O)[O-])ccc1N1CCCC1)c1ccccc1. The van der Waals surface area contributed by atoms with Crippen LogP contribution < -0.4 is 4.90 Å². The summed E-state index contributed by atoms with van der Waals surface area (Å²) in [4.78, 5) is 37.1. The number of ether oxygens (including phenoxy) is 1. The summed E-state index contributed by atoms with van der Waals surface area (Å²) in [6.07, 6.45) is 2.00. The van der Waals surface area contributed by atoms with Gasteiger partial charge in [0.05, 0.1) is 16.2 Å². The van der Waals surface area contributed by atoms with E-state index in [-0.39, 0.29) is 17.0 Å². The Balaban J connectivity index is 1.79. The number of carbonyl (C=O) groups excluding carboxylic acids is 2. The molecule has 0 bridgehead atoms. The van der Waals surface area contributed by atoms with Gasteiger partial charge in [0.1, 0.15) is 0 Å². The fraction of sp³-hybridized carbons (Fsp3) is 0.263. The lowest BCUT2D eigenvalue weighted by Crippen LogP contribution is -2.22. The first-order valence-electron chi connectivity index (χ1n) is 8.35. The summed E-state index contributed by atoms with van der Waals surface area (Å²) in [5, 5.41) is 11.0. The molecule has 1 aliphatic heterocycles. The van der Waals surface area contributed by atoms with Gasteiger partial charge in [-0.25, -0.2) is 4.79 Å². The number of nitro benzene ring substituents is 1. The van der Waals surface area contributed by atoms with E-state index in [1.807, 2.05) is 4.90 Å². The molecule has 1 heterocycles. The quantitative estimate of drug-likeness (QED) is 0.342. The van der Waals surface area contributed by atoms with Crippen LogP contribution in [0.15, 0.2) is 48.5 Å². The van der Waals surface area contributed by atoms with E-state index in [2.05, 4.69) is 0 Å². The molecule has 0 aliphatic carbocycles. The van der Waals surface area contributed by atoms with Crippen LogP contribution in [-0.2, 0) is 4.74 Å². The van der Waals surface area contributed by atoms with E-state index in [0.717, 1.165) is 25.9 Å². The van der Waals surface area contributed by atoms with Crippen LogP contribution in [0.25, 0.3) is 0 Å². The van der Waals surface area contributed by atoms with E-state index in [9.17, 15) is 19.7 Å². The van der Waals surface area contributed by atoms with Crippen LogP contribution in [0.2, 0.25) is 0 Å². The van der Waals surface area contributed by atoms with Gasteiger partial charge in [0.15, 0.2) is 12.4 Å². The summed E-state index contributed by atoms with van der Waals surface area (Å²) in [5.41, 5.74) is 0.973. The fourth-order valence-electron chi connectivity index (χ4n) is 2.95. The number of anilines is 1. The van der Waals surface area contributed by atoms with Gasteiger partial charge < -0.3 is 9.64 Å². The molecule has 0 aromatic heterocycles. The fourth-order valence-corrected chi connectivity index (χ4v) is 2.95. The molecule has 3 rings (SSSR count). The topological polar surface area (TPSA) is 89.8 Å². The Hall–Kier alpha value is -3.22. The third kappa shape index (κ3) is 3.88. The second kappa shape index (κ2) is 7.77. The van der Waals surface area contributed by atoms with Crippen molar-refractivity contribution >= 4 is 23.1 Å². The molecule has 2 aromatic carbocycles. The third-order valence-corrected chi connectivity index (χ3v) is 4.29. The molecule has 0 amide bonds. The van der Waals surface area contributed by atoms with Crippen LogP contribution in [0.1, 0.15) is 33.6 Å². The van der Waals surface area contributed by atoms with Crippen molar-refractivity contribution < 1.29 is 19.2 Å². The lowest BCUT2D eigenvalue weighted by molar-refractivity contribution is -0.384. The number of rotatable bonds is 6. The summed E-state index contributed by atoms with van der Waals surface area (Å²) in [6, 6.07) is 12.7. The molecule has 7 nitrogen and oxygen atoms in total. The van der Waals surface area contributed by atoms with Crippen molar-refractivity contribution in [3.05, 3.63) is 69.8 Å². The number of non-ortho nitro benzene ring substituents is 1. The molecule has 1 saturated heterocycles. The van der Waals surface area contributed by atoms with Crippen molar-refractivity contribution in [1.82, 2.24) is 0 Å².